The molecule has 3 aromatic rings. The molecule has 7 heteroatoms. The minimum Gasteiger partial charge on any atom is -0.490 e. The highest BCUT2D eigenvalue weighted by molar-refractivity contribution is 6.07. The molecule has 2 aliphatic rings. The zero-order chi connectivity index (χ0) is 25.6. The van der Waals surface area contributed by atoms with Gasteiger partial charge in [0.25, 0.3) is 11.8 Å². The molecule has 3 aromatic carbocycles. The van der Waals surface area contributed by atoms with Crippen LogP contribution in [-0.2, 0) is 0 Å². The van der Waals surface area contributed by atoms with Crippen molar-refractivity contribution >= 4 is 28.9 Å². The number of nitrogens with one attached hydrogen (secondary N) is 3. The Balaban J connectivity index is 1.25. The van der Waals surface area contributed by atoms with Gasteiger partial charge >= 0.3 is 0 Å². The van der Waals surface area contributed by atoms with Gasteiger partial charge in [0.1, 0.15) is 11.9 Å². The standard InChI is InChI=1S/C30H34N4O3/c1-21-10-11-24(32-29(35)22-6-4-8-25(18-22)34-16-2-3-17-34)20-28(21)33-30(36)23-7-5-9-27(19-23)37-26-12-14-31-15-13-26/h4-11,18-20,26,31H,2-3,12-17H2,1H3,(H,32,35)(H,33,36). The fraction of sp³-hybridized carbons (Fsp3) is 0.333. The first-order chi connectivity index (χ1) is 18.0. The van der Waals surface area contributed by atoms with Crippen molar-refractivity contribution in [3.8, 4) is 5.75 Å². The molecule has 2 fully saturated rings. The van der Waals surface area contributed by atoms with Crippen LogP contribution in [0.2, 0.25) is 0 Å². The first-order valence-electron chi connectivity index (χ1n) is 13.1. The molecule has 5 rings (SSSR count). The van der Waals surface area contributed by atoms with Crippen molar-refractivity contribution in [2.45, 2.75) is 38.7 Å². The Labute approximate surface area is 218 Å². The van der Waals surface area contributed by atoms with Gasteiger partial charge in [0.05, 0.1) is 0 Å². The summed E-state index contributed by atoms with van der Waals surface area (Å²) in [5, 5.41) is 9.30. The van der Waals surface area contributed by atoms with E-state index < -0.39 is 0 Å². The highest BCUT2D eigenvalue weighted by atomic mass is 16.5. The maximum atomic E-state index is 13.1. The van der Waals surface area contributed by atoms with Crippen LogP contribution in [0.3, 0.4) is 0 Å². The minimum absolute atomic E-state index is 0.165. The fourth-order valence-corrected chi connectivity index (χ4v) is 4.87. The summed E-state index contributed by atoms with van der Waals surface area (Å²) in [6.45, 7) is 5.87. The Kier molecular flexibility index (Phi) is 7.70. The van der Waals surface area contributed by atoms with Gasteiger partial charge in [-0.3, -0.25) is 9.59 Å². The van der Waals surface area contributed by atoms with Gasteiger partial charge < -0.3 is 25.6 Å². The molecule has 0 radical (unpaired) electrons. The van der Waals surface area contributed by atoms with Crippen molar-refractivity contribution in [3.63, 3.8) is 0 Å². The van der Waals surface area contributed by atoms with Crippen LogP contribution in [0.25, 0.3) is 0 Å². The lowest BCUT2D eigenvalue weighted by molar-refractivity contribution is 0.101. The Morgan fingerprint density at radius 2 is 1.57 bits per heavy atom. The zero-order valence-corrected chi connectivity index (χ0v) is 21.3. The Morgan fingerprint density at radius 1 is 0.865 bits per heavy atom. The van der Waals surface area contributed by atoms with Gasteiger partial charge in [0, 0.05) is 41.3 Å². The molecular formula is C30H34N4O3. The van der Waals surface area contributed by atoms with Crippen molar-refractivity contribution < 1.29 is 14.3 Å². The fourth-order valence-electron chi connectivity index (χ4n) is 4.87. The van der Waals surface area contributed by atoms with E-state index in [2.05, 4.69) is 20.9 Å². The summed E-state index contributed by atoms with van der Waals surface area (Å²) in [5.41, 5.74) is 4.40. The number of piperidine rings is 1. The second kappa shape index (κ2) is 11.5. The lowest BCUT2D eigenvalue weighted by Gasteiger charge is -2.24. The summed E-state index contributed by atoms with van der Waals surface area (Å²) in [6.07, 6.45) is 4.44. The Bertz CT molecular complexity index is 1260. The molecule has 0 saturated carbocycles. The zero-order valence-electron chi connectivity index (χ0n) is 21.3. The molecule has 2 saturated heterocycles. The molecule has 2 heterocycles. The van der Waals surface area contributed by atoms with E-state index >= 15 is 0 Å². The first-order valence-corrected chi connectivity index (χ1v) is 13.1. The summed E-state index contributed by atoms with van der Waals surface area (Å²) in [6, 6.07) is 20.6. The van der Waals surface area contributed by atoms with E-state index in [0.29, 0.717) is 28.3 Å². The lowest BCUT2D eigenvalue weighted by Crippen LogP contribution is -2.34. The topological polar surface area (TPSA) is 82.7 Å². The second-order valence-electron chi connectivity index (χ2n) is 9.78. The number of carbonyl (C=O) groups is 2. The number of ether oxygens (including phenoxy) is 1. The molecule has 192 valence electrons. The van der Waals surface area contributed by atoms with Crippen molar-refractivity contribution in [1.29, 1.82) is 0 Å². The maximum absolute atomic E-state index is 13.1. The van der Waals surface area contributed by atoms with E-state index in [-0.39, 0.29) is 17.9 Å². The smallest absolute Gasteiger partial charge is 0.255 e. The average molecular weight is 499 g/mol. The Morgan fingerprint density at radius 3 is 2.35 bits per heavy atom. The van der Waals surface area contributed by atoms with E-state index in [0.717, 1.165) is 50.3 Å². The summed E-state index contributed by atoms with van der Waals surface area (Å²) in [5.74, 6) is 0.305. The molecule has 0 aromatic heterocycles. The minimum atomic E-state index is -0.222. The van der Waals surface area contributed by atoms with Crippen LogP contribution in [0, 0.1) is 6.92 Å². The van der Waals surface area contributed by atoms with Crippen molar-refractivity contribution in [1.82, 2.24) is 5.32 Å². The molecular weight excluding hydrogens is 464 g/mol. The summed E-state index contributed by atoms with van der Waals surface area (Å²) in [4.78, 5) is 28.4. The number of aryl methyl sites for hydroxylation is 1. The molecule has 0 bridgehead atoms. The predicted molar refractivity (Wildman–Crippen MR) is 148 cm³/mol. The largest absolute Gasteiger partial charge is 0.490 e. The van der Waals surface area contributed by atoms with E-state index in [1.165, 1.54) is 12.8 Å². The van der Waals surface area contributed by atoms with Gasteiger partial charge in [0.15, 0.2) is 0 Å². The van der Waals surface area contributed by atoms with Gasteiger partial charge in [-0.05, 0) is 99.8 Å². The molecule has 3 N–H and O–H groups in total. The van der Waals surface area contributed by atoms with Gasteiger partial charge in [-0.25, -0.2) is 0 Å². The molecule has 0 spiro atoms. The van der Waals surface area contributed by atoms with Crippen molar-refractivity contribution in [3.05, 3.63) is 83.4 Å². The number of hydrogen-bond donors (Lipinski definition) is 3. The van der Waals surface area contributed by atoms with Crippen LogP contribution in [0.15, 0.2) is 66.7 Å². The quantitative estimate of drug-likeness (QED) is 0.416. The number of nitrogens with zero attached hydrogens (tertiary/aromatic N) is 1. The van der Waals surface area contributed by atoms with Gasteiger partial charge in [-0.15, -0.1) is 0 Å². The third-order valence-electron chi connectivity index (χ3n) is 7.01. The van der Waals surface area contributed by atoms with E-state index in [4.69, 9.17) is 4.74 Å². The first kappa shape index (κ1) is 24.8. The molecule has 2 aliphatic heterocycles. The summed E-state index contributed by atoms with van der Waals surface area (Å²) >= 11 is 0. The molecule has 0 aliphatic carbocycles. The highest BCUT2D eigenvalue weighted by Crippen LogP contribution is 2.25. The number of carbonyl (C=O) groups excluding carboxylic acids is 2. The number of hydrogen-bond acceptors (Lipinski definition) is 5. The highest BCUT2D eigenvalue weighted by Gasteiger charge is 2.17. The molecule has 2 amide bonds. The van der Waals surface area contributed by atoms with Crippen LogP contribution >= 0.6 is 0 Å². The van der Waals surface area contributed by atoms with E-state index in [9.17, 15) is 9.59 Å². The summed E-state index contributed by atoms with van der Waals surface area (Å²) < 4.78 is 6.10. The number of benzene rings is 3. The third-order valence-corrected chi connectivity index (χ3v) is 7.01. The van der Waals surface area contributed by atoms with Gasteiger partial charge in [-0.2, -0.15) is 0 Å². The molecule has 0 unspecified atom stereocenters. The Hall–Kier alpha value is -3.84. The van der Waals surface area contributed by atoms with Gasteiger partial charge in [0.2, 0.25) is 0 Å². The van der Waals surface area contributed by atoms with Crippen molar-refractivity contribution in [2.24, 2.45) is 0 Å². The average Bonchev–Trinajstić information content (AvgIpc) is 3.47. The molecule has 7 nitrogen and oxygen atoms in total. The summed E-state index contributed by atoms with van der Waals surface area (Å²) in [7, 11) is 0. The number of anilines is 3. The predicted octanol–water partition coefficient (Wildman–Crippen LogP) is 5.23. The number of rotatable bonds is 7. The van der Waals surface area contributed by atoms with Crippen LogP contribution in [-0.4, -0.2) is 44.1 Å². The second-order valence-corrected chi connectivity index (χ2v) is 9.78. The normalized spacial score (nSPS) is 15.9. The third kappa shape index (κ3) is 6.30. The van der Waals surface area contributed by atoms with Crippen LogP contribution in [0.1, 0.15) is 52.0 Å². The molecule has 37 heavy (non-hydrogen) atoms. The van der Waals surface area contributed by atoms with Crippen molar-refractivity contribution in [2.75, 3.05) is 41.7 Å². The van der Waals surface area contributed by atoms with Gasteiger partial charge in [-0.1, -0.05) is 18.2 Å². The lowest BCUT2D eigenvalue weighted by atomic mass is 10.1. The van der Waals surface area contributed by atoms with Crippen LogP contribution in [0.4, 0.5) is 17.1 Å². The van der Waals surface area contributed by atoms with E-state index in [1.54, 1.807) is 18.2 Å². The van der Waals surface area contributed by atoms with E-state index in [1.807, 2.05) is 55.5 Å². The SMILES string of the molecule is Cc1ccc(NC(=O)c2cccc(N3CCCC3)c2)cc1NC(=O)c1cccc(OC2CCNCC2)c1. The molecule has 0 atom stereocenters. The van der Waals surface area contributed by atoms with Crippen LogP contribution < -0.4 is 25.6 Å². The van der Waals surface area contributed by atoms with Crippen LogP contribution in [0.5, 0.6) is 5.75 Å². The number of amides is 2. The maximum Gasteiger partial charge on any atom is 0.255 e. The monoisotopic (exact) mass is 498 g/mol.